The monoisotopic (exact) mass is 297 g/mol. The highest BCUT2D eigenvalue weighted by Crippen LogP contribution is 2.40. The standard InChI is InChI=1S/C11H15N5O5/c1-20-11(19)7(18)5(2-17)21-10(11)16-4-15-6-8(12)13-3-14-9(6)16/h3-5,7,10,17-19H,2H2,1H3,(H2,12,13,14)/t5-,7-,10-,11+/m1/s1. The van der Waals surface area contributed by atoms with Gasteiger partial charge in [-0.05, 0) is 0 Å². The number of aliphatic hydroxyl groups is 3. The third kappa shape index (κ3) is 1.88. The summed E-state index contributed by atoms with van der Waals surface area (Å²) in [6.45, 7) is -0.479. The molecule has 0 aliphatic carbocycles. The van der Waals surface area contributed by atoms with Crippen LogP contribution in [0.5, 0.6) is 0 Å². The first kappa shape index (κ1) is 14.1. The minimum absolute atomic E-state index is 0.178. The van der Waals surface area contributed by atoms with Gasteiger partial charge in [-0.1, -0.05) is 0 Å². The number of imidazole rings is 1. The number of aliphatic hydroxyl groups excluding tert-OH is 2. The molecule has 1 saturated heterocycles. The third-order valence-electron chi connectivity index (χ3n) is 3.58. The zero-order valence-electron chi connectivity index (χ0n) is 11.1. The van der Waals surface area contributed by atoms with E-state index in [1.807, 2.05) is 0 Å². The van der Waals surface area contributed by atoms with E-state index in [0.29, 0.717) is 11.2 Å². The summed E-state index contributed by atoms with van der Waals surface area (Å²) >= 11 is 0. The lowest BCUT2D eigenvalue weighted by atomic mass is 10.1. The number of nitrogen functional groups attached to an aromatic ring is 1. The highest BCUT2D eigenvalue weighted by atomic mass is 16.7. The highest BCUT2D eigenvalue weighted by Gasteiger charge is 2.57. The minimum atomic E-state index is -2.05. The van der Waals surface area contributed by atoms with Gasteiger partial charge >= 0.3 is 0 Å². The molecule has 3 heterocycles. The van der Waals surface area contributed by atoms with Crippen LogP contribution in [0.1, 0.15) is 6.23 Å². The fraction of sp³-hybridized carbons (Fsp3) is 0.545. The minimum Gasteiger partial charge on any atom is -0.394 e. The average Bonchev–Trinajstić information content (AvgIpc) is 3.01. The number of ether oxygens (including phenoxy) is 2. The number of hydrogen-bond donors (Lipinski definition) is 4. The predicted octanol–water partition coefficient (Wildman–Crippen LogP) is -2.01. The van der Waals surface area contributed by atoms with Crippen LogP contribution in [0.4, 0.5) is 5.82 Å². The van der Waals surface area contributed by atoms with Crippen LogP contribution in [0.25, 0.3) is 11.2 Å². The van der Waals surface area contributed by atoms with Gasteiger partial charge in [-0.15, -0.1) is 0 Å². The van der Waals surface area contributed by atoms with Gasteiger partial charge in [0.15, 0.2) is 17.7 Å². The number of anilines is 1. The van der Waals surface area contributed by atoms with E-state index in [-0.39, 0.29) is 5.82 Å². The first-order valence-electron chi connectivity index (χ1n) is 6.17. The maximum absolute atomic E-state index is 10.5. The molecule has 4 atom stereocenters. The van der Waals surface area contributed by atoms with E-state index < -0.39 is 30.8 Å². The Morgan fingerprint density at radius 1 is 1.48 bits per heavy atom. The molecule has 10 nitrogen and oxygen atoms in total. The van der Waals surface area contributed by atoms with Gasteiger partial charge in [-0.25, -0.2) is 15.0 Å². The van der Waals surface area contributed by atoms with Crippen molar-refractivity contribution < 1.29 is 24.8 Å². The van der Waals surface area contributed by atoms with Gasteiger partial charge in [-0.2, -0.15) is 0 Å². The number of hydrogen-bond acceptors (Lipinski definition) is 9. The predicted molar refractivity (Wildman–Crippen MR) is 68.7 cm³/mol. The van der Waals surface area contributed by atoms with Gasteiger partial charge in [0, 0.05) is 7.11 Å². The molecule has 0 spiro atoms. The first-order chi connectivity index (χ1) is 10.0. The van der Waals surface area contributed by atoms with E-state index in [9.17, 15) is 15.3 Å². The summed E-state index contributed by atoms with van der Waals surface area (Å²) in [7, 11) is 1.22. The molecule has 0 bridgehead atoms. The Hall–Kier alpha value is -1.85. The molecule has 3 rings (SSSR count). The van der Waals surface area contributed by atoms with Crippen LogP contribution in [-0.2, 0) is 9.47 Å². The maximum atomic E-state index is 10.5. The summed E-state index contributed by atoms with van der Waals surface area (Å²) in [5.41, 5.74) is 6.35. The lowest BCUT2D eigenvalue weighted by Crippen LogP contribution is -2.48. The fourth-order valence-electron chi connectivity index (χ4n) is 2.42. The lowest BCUT2D eigenvalue weighted by molar-refractivity contribution is -0.264. The smallest absolute Gasteiger partial charge is 0.241 e. The van der Waals surface area contributed by atoms with Gasteiger partial charge in [0.1, 0.15) is 24.1 Å². The molecular weight excluding hydrogens is 282 g/mol. The Balaban J connectivity index is 2.11. The Morgan fingerprint density at radius 3 is 2.90 bits per heavy atom. The van der Waals surface area contributed by atoms with Crippen molar-refractivity contribution in [3.63, 3.8) is 0 Å². The van der Waals surface area contributed by atoms with Gasteiger partial charge in [0.2, 0.25) is 5.79 Å². The zero-order chi connectivity index (χ0) is 15.2. The zero-order valence-corrected chi connectivity index (χ0v) is 11.1. The second-order valence-corrected chi connectivity index (χ2v) is 4.69. The van der Waals surface area contributed by atoms with Gasteiger partial charge in [0.05, 0.1) is 12.9 Å². The molecule has 0 aromatic carbocycles. The Kier molecular flexibility index (Phi) is 3.26. The second kappa shape index (κ2) is 4.86. The number of nitrogens with zero attached hydrogens (tertiary/aromatic N) is 4. The number of nitrogens with two attached hydrogens (primary N) is 1. The van der Waals surface area contributed by atoms with Gasteiger partial charge in [0.25, 0.3) is 0 Å². The van der Waals surface area contributed by atoms with Crippen molar-refractivity contribution in [3.05, 3.63) is 12.7 Å². The second-order valence-electron chi connectivity index (χ2n) is 4.69. The average molecular weight is 297 g/mol. The molecule has 0 saturated carbocycles. The normalized spacial score (nSPS) is 32.9. The summed E-state index contributed by atoms with van der Waals surface area (Å²) in [6.07, 6.45) is -0.993. The van der Waals surface area contributed by atoms with Gasteiger partial charge < -0.3 is 30.5 Å². The summed E-state index contributed by atoms with van der Waals surface area (Å²) in [5.74, 6) is -1.88. The van der Waals surface area contributed by atoms with Crippen molar-refractivity contribution >= 4 is 17.0 Å². The quantitative estimate of drug-likeness (QED) is 0.471. The van der Waals surface area contributed by atoms with Crippen LogP contribution >= 0.6 is 0 Å². The maximum Gasteiger partial charge on any atom is 0.241 e. The Labute approximate surface area is 118 Å². The molecule has 0 amide bonds. The molecule has 1 fully saturated rings. The third-order valence-corrected chi connectivity index (χ3v) is 3.58. The largest absolute Gasteiger partial charge is 0.394 e. The van der Waals surface area contributed by atoms with Crippen LogP contribution < -0.4 is 5.73 Å². The fourth-order valence-corrected chi connectivity index (χ4v) is 2.42. The van der Waals surface area contributed by atoms with Gasteiger partial charge in [-0.3, -0.25) is 4.57 Å². The molecule has 10 heteroatoms. The highest BCUT2D eigenvalue weighted by molar-refractivity contribution is 5.81. The van der Waals surface area contributed by atoms with Crippen molar-refractivity contribution in [2.45, 2.75) is 24.2 Å². The summed E-state index contributed by atoms with van der Waals surface area (Å²) in [4.78, 5) is 11.9. The summed E-state index contributed by atoms with van der Waals surface area (Å²) < 4.78 is 11.8. The topological polar surface area (TPSA) is 149 Å². The molecule has 0 unspecified atom stereocenters. The molecule has 1 aliphatic rings. The summed E-state index contributed by atoms with van der Waals surface area (Å²) in [6, 6.07) is 0. The molecule has 2 aromatic rings. The van der Waals surface area contributed by atoms with Crippen LogP contribution in [0.2, 0.25) is 0 Å². The van der Waals surface area contributed by atoms with Crippen LogP contribution in [-0.4, -0.2) is 66.6 Å². The van der Waals surface area contributed by atoms with E-state index in [1.54, 1.807) is 0 Å². The lowest BCUT2D eigenvalue weighted by Gasteiger charge is -2.29. The van der Waals surface area contributed by atoms with Crippen molar-refractivity contribution in [1.82, 2.24) is 19.5 Å². The number of fused-ring (bicyclic) bond motifs is 1. The van der Waals surface area contributed by atoms with E-state index in [4.69, 9.17) is 15.2 Å². The molecule has 1 aliphatic heterocycles. The molecule has 5 N–H and O–H groups in total. The van der Waals surface area contributed by atoms with Crippen LogP contribution in [0, 0.1) is 0 Å². The van der Waals surface area contributed by atoms with Crippen LogP contribution in [0.15, 0.2) is 12.7 Å². The first-order valence-corrected chi connectivity index (χ1v) is 6.17. The van der Waals surface area contributed by atoms with Crippen molar-refractivity contribution in [2.24, 2.45) is 0 Å². The number of rotatable bonds is 3. The molecule has 2 aromatic heterocycles. The van der Waals surface area contributed by atoms with E-state index >= 15 is 0 Å². The van der Waals surface area contributed by atoms with Crippen molar-refractivity contribution in [3.8, 4) is 0 Å². The molecule has 0 radical (unpaired) electrons. The van der Waals surface area contributed by atoms with E-state index in [1.165, 1.54) is 24.3 Å². The van der Waals surface area contributed by atoms with Crippen molar-refractivity contribution in [1.29, 1.82) is 0 Å². The Morgan fingerprint density at radius 2 is 2.24 bits per heavy atom. The number of aromatic nitrogens is 4. The van der Waals surface area contributed by atoms with Crippen LogP contribution in [0.3, 0.4) is 0 Å². The Bertz CT molecular complexity index is 663. The number of methoxy groups -OCH3 is 1. The van der Waals surface area contributed by atoms with E-state index in [0.717, 1.165) is 0 Å². The molecule has 21 heavy (non-hydrogen) atoms. The van der Waals surface area contributed by atoms with E-state index in [2.05, 4.69) is 15.0 Å². The molecular formula is C11H15N5O5. The summed E-state index contributed by atoms with van der Waals surface area (Å²) in [5, 5.41) is 29.8. The van der Waals surface area contributed by atoms with Crippen molar-refractivity contribution in [2.75, 3.05) is 19.5 Å². The SMILES string of the molecule is CO[C@@]1(O)[C@H](O)[C@@H](CO)O[C@H]1n1cnc2c(N)ncnc21. The molecule has 114 valence electrons.